The topological polar surface area (TPSA) is 30.7 Å². The molecule has 0 bridgehead atoms. The number of aromatic nitrogens is 3. The van der Waals surface area contributed by atoms with Crippen molar-refractivity contribution in [3.8, 4) is 0 Å². The summed E-state index contributed by atoms with van der Waals surface area (Å²) in [6.45, 7) is 2.99. The first-order chi connectivity index (χ1) is 9.65. The maximum atomic E-state index is 6.34. The summed E-state index contributed by atoms with van der Waals surface area (Å²) in [5.74, 6) is 0.968. The summed E-state index contributed by atoms with van der Waals surface area (Å²) >= 11 is 8.34. The van der Waals surface area contributed by atoms with E-state index in [2.05, 4.69) is 20.8 Å². The van der Waals surface area contributed by atoms with Crippen molar-refractivity contribution in [2.24, 2.45) is 0 Å². The van der Waals surface area contributed by atoms with E-state index in [4.69, 9.17) is 11.6 Å². The molecular weight excluding hydrogens is 290 g/mol. The molecule has 0 amide bonds. The fraction of sp³-hybridized carbons (Fsp3) is 0.600. The number of imidazole rings is 1. The second-order valence-electron chi connectivity index (χ2n) is 5.63. The lowest BCUT2D eigenvalue weighted by Crippen LogP contribution is -2.27. The predicted molar refractivity (Wildman–Crippen MR) is 86.5 cm³/mol. The highest BCUT2D eigenvalue weighted by Gasteiger charge is 2.34. The standard InChI is InChI=1S/C15H20ClN3S/c1-11(16)14-18-12-9-17-8-5-13(12)19(14)10-15(20-2)6-3-4-7-15/h5,8-9,11H,3-4,6-7,10H2,1-2H3. The van der Waals surface area contributed by atoms with Crippen molar-refractivity contribution in [1.29, 1.82) is 0 Å². The second-order valence-corrected chi connectivity index (χ2v) is 7.56. The minimum atomic E-state index is -0.0808. The summed E-state index contributed by atoms with van der Waals surface area (Å²) in [7, 11) is 0. The first kappa shape index (κ1) is 14.2. The highest BCUT2D eigenvalue weighted by atomic mass is 35.5. The zero-order valence-electron chi connectivity index (χ0n) is 12.0. The van der Waals surface area contributed by atoms with Gasteiger partial charge < -0.3 is 4.57 Å². The molecule has 2 heterocycles. The molecule has 0 saturated heterocycles. The van der Waals surface area contributed by atoms with Crippen LogP contribution in [0.3, 0.4) is 0 Å². The number of alkyl halides is 1. The van der Waals surface area contributed by atoms with Crippen LogP contribution >= 0.6 is 23.4 Å². The SMILES string of the molecule is CSC1(Cn2c(C(C)Cl)nc3cnccc32)CCCC1. The maximum absolute atomic E-state index is 6.34. The third-order valence-electron chi connectivity index (χ3n) is 4.33. The number of halogens is 1. The van der Waals surface area contributed by atoms with Gasteiger partial charge in [-0.2, -0.15) is 11.8 Å². The predicted octanol–water partition coefficient (Wildman–Crippen LogP) is 4.41. The minimum absolute atomic E-state index is 0.0808. The van der Waals surface area contributed by atoms with Gasteiger partial charge in [-0.3, -0.25) is 4.98 Å². The van der Waals surface area contributed by atoms with Crippen LogP contribution in [0.15, 0.2) is 18.5 Å². The van der Waals surface area contributed by atoms with E-state index in [1.54, 1.807) is 0 Å². The molecule has 1 unspecified atom stereocenters. The first-order valence-corrected chi connectivity index (χ1v) is 8.81. The molecule has 2 aromatic rings. The van der Waals surface area contributed by atoms with E-state index in [1.807, 2.05) is 37.1 Å². The number of rotatable bonds is 4. The Morgan fingerprint density at radius 1 is 1.45 bits per heavy atom. The third kappa shape index (κ3) is 2.44. The van der Waals surface area contributed by atoms with Crippen LogP contribution in [0.4, 0.5) is 0 Å². The van der Waals surface area contributed by atoms with Gasteiger partial charge in [0.1, 0.15) is 11.3 Å². The summed E-state index contributed by atoms with van der Waals surface area (Å²) in [4.78, 5) is 8.85. The summed E-state index contributed by atoms with van der Waals surface area (Å²) < 4.78 is 2.66. The number of nitrogens with zero attached hydrogens (tertiary/aromatic N) is 3. The van der Waals surface area contributed by atoms with Gasteiger partial charge in [-0.25, -0.2) is 4.98 Å². The highest BCUT2D eigenvalue weighted by molar-refractivity contribution is 8.00. The van der Waals surface area contributed by atoms with Crippen LogP contribution in [0, 0.1) is 0 Å². The number of thioether (sulfide) groups is 1. The van der Waals surface area contributed by atoms with Gasteiger partial charge in [0.2, 0.25) is 0 Å². The molecule has 0 radical (unpaired) electrons. The van der Waals surface area contributed by atoms with Gasteiger partial charge in [0.25, 0.3) is 0 Å². The average molecular weight is 310 g/mol. The van der Waals surface area contributed by atoms with Gasteiger partial charge in [-0.1, -0.05) is 12.8 Å². The quantitative estimate of drug-likeness (QED) is 0.784. The van der Waals surface area contributed by atoms with Gasteiger partial charge in [0, 0.05) is 17.5 Å². The molecule has 2 aromatic heterocycles. The number of hydrogen-bond donors (Lipinski definition) is 0. The molecule has 3 nitrogen and oxygen atoms in total. The molecule has 0 N–H and O–H groups in total. The Morgan fingerprint density at radius 3 is 2.85 bits per heavy atom. The lowest BCUT2D eigenvalue weighted by Gasteiger charge is -2.28. The Bertz CT molecular complexity index is 602. The molecule has 20 heavy (non-hydrogen) atoms. The van der Waals surface area contributed by atoms with Crippen molar-refractivity contribution >= 4 is 34.4 Å². The Kier molecular flexibility index (Phi) is 3.95. The van der Waals surface area contributed by atoms with E-state index in [9.17, 15) is 0 Å². The molecular formula is C15H20ClN3S. The monoisotopic (exact) mass is 309 g/mol. The van der Waals surface area contributed by atoms with Crippen molar-refractivity contribution in [3.63, 3.8) is 0 Å². The molecule has 1 saturated carbocycles. The third-order valence-corrected chi connectivity index (χ3v) is 5.93. The summed E-state index contributed by atoms with van der Waals surface area (Å²) in [6, 6.07) is 2.05. The Morgan fingerprint density at radius 2 is 2.20 bits per heavy atom. The van der Waals surface area contributed by atoms with Crippen molar-refractivity contribution in [1.82, 2.24) is 14.5 Å². The second kappa shape index (κ2) is 5.57. The molecule has 1 fully saturated rings. The van der Waals surface area contributed by atoms with Crippen LogP contribution in [-0.4, -0.2) is 25.5 Å². The van der Waals surface area contributed by atoms with E-state index >= 15 is 0 Å². The lowest BCUT2D eigenvalue weighted by molar-refractivity contribution is 0.501. The van der Waals surface area contributed by atoms with E-state index in [0.717, 1.165) is 23.4 Å². The normalized spacial score (nSPS) is 19.6. The molecule has 1 aliphatic carbocycles. The van der Waals surface area contributed by atoms with Crippen LogP contribution in [0.2, 0.25) is 0 Å². The van der Waals surface area contributed by atoms with E-state index in [0.29, 0.717) is 4.75 Å². The zero-order valence-corrected chi connectivity index (χ0v) is 13.5. The molecule has 0 aromatic carbocycles. The summed E-state index contributed by atoms with van der Waals surface area (Å²) in [5.41, 5.74) is 2.10. The van der Waals surface area contributed by atoms with Crippen molar-refractivity contribution in [3.05, 3.63) is 24.3 Å². The molecule has 108 valence electrons. The molecule has 0 aliphatic heterocycles. The van der Waals surface area contributed by atoms with Crippen LogP contribution in [0.25, 0.3) is 11.0 Å². The maximum Gasteiger partial charge on any atom is 0.127 e. The number of fused-ring (bicyclic) bond motifs is 1. The molecule has 3 rings (SSSR count). The van der Waals surface area contributed by atoms with Crippen LogP contribution in [0.1, 0.15) is 43.8 Å². The van der Waals surface area contributed by atoms with Crippen molar-refractivity contribution in [2.75, 3.05) is 6.26 Å². The van der Waals surface area contributed by atoms with Crippen molar-refractivity contribution in [2.45, 2.75) is 49.3 Å². The average Bonchev–Trinajstić information content (AvgIpc) is 3.05. The van der Waals surface area contributed by atoms with Crippen LogP contribution in [0.5, 0.6) is 0 Å². The molecule has 0 spiro atoms. The smallest absolute Gasteiger partial charge is 0.127 e. The number of pyridine rings is 1. The van der Waals surface area contributed by atoms with Crippen LogP contribution in [-0.2, 0) is 6.54 Å². The van der Waals surface area contributed by atoms with Gasteiger partial charge in [0.15, 0.2) is 0 Å². The fourth-order valence-electron chi connectivity index (χ4n) is 3.20. The Labute approximate surface area is 129 Å². The Balaban J connectivity index is 2.07. The van der Waals surface area contributed by atoms with E-state index < -0.39 is 0 Å². The summed E-state index contributed by atoms with van der Waals surface area (Å²) in [5, 5.41) is -0.0808. The molecule has 5 heteroatoms. The lowest BCUT2D eigenvalue weighted by atomic mass is 10.1. The molecule has 1 atom stereocenters. The fourth-order valence-corrected chi connectivity index (χ4v) is 4.33. The van der Waals surface area contributed by atoms with E-state index in [-0.39, 0.29) is 5.38 Å². The largest absolute Gasteiger partial charge is 0.325 e. The van der Waals surface area contributed by atoms with E-state index in [1.165, 1.54) is 25.7 Å². The van der Waals surface area contributed by atoms with Gasteiger partial charge in [-0.15, -0.1) is 11.6 Å². The Hall–Kier alpha value is -0.740. The van der Waals surface area contributed by atoms with Crippen molar-refractivity contribution < 1.29 is 0 Å². The first-order valence-electron chi connectivity index (χ1n) is 7.15. The summed E-state index contributed by atoms with van der Waals surface area (Å²) in [6.07, 6.45) is 11.1. The zero-order chi connectivity index (χ0) is 14.2. The highest BCUT2D eigenvalue weighted by Crippen LogP contribution is 2.42. The van der Waals surface area contributed by atoms with Gasteiger partial charge in [0.05, 0.1) is 17.1 Å². The number of hydrogen-bond acceptors (Lipinski definition) is 3. The van der Waals surface area contributed by atoms with Gasteiger partial charge in [-0.05, 0) is 32.1 Å². The minimum Gasteiger partial charge on any atom is -0.325 e. The van der Waals surface area contributed by atoms with Gasteiger partial charge >= 0.3 is 0 Å². The molecule has 1 aliphatic rings. The van der Waals surface area contributed by atoms with Crippen LogP contribution < -0.4 is 0 Å².